The van der Waals surface area contributed by atoms with Crippen molar-refractivity contribution < 1.29 is 9.53 Å². The average molecular weight is 243 g/mol. The third-order valence-corrected chi connectivity index (χ3v) is 3.06. The van der Waals surface area contributed by atoms with E-state index in [1.54, 1.807) is 0 Å². The van der Waals surface area contributed by atoms with Gasteiger partial charge in [0.1, 0.15) is 0 Å². The fourth-order valence-corrected chi connectivity index (χ4v) is 2.03. The van der Waals surface area contributed by atoms with Crippen LogP contribution in [0.2, 0.25) is 0 Å². The zero-order valence-electron chi connectivity index (χ0n) is 10.9. The highest BCUT2D eigenvalue weighted by molar-refractivity contribution is 5.92. The normalized spacial score (nSPS) is 10.4. The first kappa shape index (κ1) is 12.4. The SMILES string of the molecule is COC(=O)c1c(Cc2ccc(C)cc2)c[nH]c1C. The summed E-state index contributed by atoms with van der Waals surface area (Å²) in [6.07, 6.45) is 2.61. The highest BCUT2D eigenvalue weighted by Gasteiger charge is 2.16. The van der Waals surface area contributed by atoms with Crippen LogP contribution in [0, 0.1) is 13.8 Å². The van der Waals surface area contributed by atoms with Gasteiger partial charge < -0.3 is 9.72 Å². The molecule has 0 spiro atoms. The van der Waals surface area contributed by atoms with Gasteiger partial charge in [-0.1, -0.05) is 29.8 Å². The lowest BCUT2D eigenvalue weighted by Crippen LogP contribution is -2.05. The van der Waals surface area contributed by atoms with E-state index in [1.165, 1.54) is 18.2 Å². The fraction of sp³-hybridized carbons (Fsp3) is 0.267. The van der Waals surface area contributed by atoms with Crippen LogP contribution in [-0.4, -0.2) is 18.1 Å². The van der Waals surface area contributed by atoms with E-state index >= 15 is 0 Å². The number of carbonyl (C=O) groups is 1. The van der Waals surface area contributed by atoms with E-state index in [1.807, 2.05) is 13.1 Å². The van der Waals surface area contributed by atoms with E-state index in [0.29, 0.717) is 5.56 Å². The van der Waals surface area contributed by atoms with E-state index in [9.17, 15) is 4.79 Å². The van der Waals surface area contributed by atoms with Crippen LogP contribution in [-0.2, 0) is 11.2 Å². The van der Waals surface area contributed by atoms with Crippen molar-refractivity contribution in [3.63, 3.8) is 0 Å². The van der Waals surface area contributed by atoms with E-state index < -0.39 is 0 Å². The molecule has 3 heteroatoms. The molecule has 1 N–H and O–H groups in total. The molecular weight excluding hydrogens is 226 g/mol. The van der Waals surface area contributed by atoms with Crippen LogP contribution in [0.15, 0.2) is 30.5 Å². The second-order valence-electron chi connectivity index (χ2n) is 4.47. The first-order chi connectivity index (χ1) is 8.61. The summed E-state index contributed by atoms with van der Waals surface area (Å²) >= 11 is 0. The van der Waals surface area contributed by atoms with Gasteiger partial charge >= 0.3 is 5.97 Å². The highest BCUT2D eigenvalue weighted by atomic mass is 16.5. The van der Waals surface area contributed by atoms with Crippen molar-refractivity contribution in [2.45, 2.75) is 20.3 Å². The largest absolute Gasteiger partial charge is 0.465 e. The quantitative estimate of drug-likeness (QED) is 0.842. The molecule has 94 valence electrons. The van der Waals surface area contributed by atoms with Crippen LogP contribution in [0.1, 0.15) is 32.7 Å². The molecule has 3 nitrogen and oxygen atoms in total. The Balaban J connectivity index is 2.29. The Kier molecular flexibility index (Phi) is 3.51. The molecule has 0 saturated heterocycles. The Hall–Kier alpha value is -2.03. The molecule has 0 aliphatic carbocycles. The number of nitrogens with one attached hydrogen (secondary N) is 1. The molecule has 0 atom stereocenters. The van der Waals surface area contributed by atoms with Crippen molar-refractivity contribution in [2.75, 3.05) is 7.11 Å². The van der Waals surface area contributed by atoms with Crippen LogP contribution >= 0.6 is 0 Å². The lowest BCUT2D eigenvalue weighted by atomic mass is 10.0. The number of carbonyl (C=O) groups excluding carboxylic acids is 1. The molecule has 2 aromatic rings. The first-order valence-electron chi connectivity index (χ1n) is 5.92. The summed E-state index contributed by atoms with van der Waals surface area (Å²) < 4.78 is 4.81. The third-order valence-electron chi connectivity index (χ3n) is 3.06. The van der Waals surface area contributed by atoms with Crippen LogP contribution in [0.25, 0.3) is 0 Å². The van der Waals surface area contributed by atoms with Gasteiger partial charge in [-0.3, -0.25) is 0 Å². The number of aryl methyl sites for hydroxylation is 2. The van der Waals surface area contributed by atoms with E-state index in [0.717, 1.165) is 17.7 Å². The van der Waals surface area contributed by atoms with Crippen molar-refractivity contribution in [2.24, 2.45) is 0 Å². The summed E-state index contributed by atoms with van der Waals surface area (Å²) in [5.41, 5.74) is 4.90. The summed E-state index contributed by atoms with van der Waals surface area (Å²) in [4.78, 5) is 14.8. The number of esters is 1. The second kappa shape index (κ2) is 5.08. The standard InChI is InChI=1S/C15H17NO2/c1-10-4-6-12(7-5-10)8-13-9-16-11(2)14(13)15(17)18-3/h4-7,9,16H,8H2,1-3H3. The number of rotatable bonds is 3. The topological polar surface area (TPSA) is 42.1 Å². The number of methoxy groups -OCH3 is 1. The van der Waals surface area contributed by atoms with Crippen LogP contribution in [0.3, 0.4) is 0 Å². The van der Waals surface area contributed by atoms with Gasteiger partial charge in [-0.15, -0.1) is 0 Å². The minimum Gasteiger partial charge on any atom is -0.465 e. The monoisotopic (exact) mass is 243 g/mol. The number of benzene rings is 1. The Morgan fingerprint density at radius 2 is 1.89 bits per heavy atom. The number of aromatic nitrogens is 1. The Labute approximate surface area is 107 Å². The van der Waals surface area contributed by atoms with Crippen LogP contribution in [0.5, 0.6) is 0 Å². The average Bonchev–Trinajstić information content (AvgIpc) is 2.72. The molecule has 1 aromatic heterocycles. The second-order valence-corrected chi connectivity index (χ2v) is 4.47. The number of ether oxygens (including phenoxy) is 1. The Bertz CT molecular complexity index is 552. The maximum atomic E-state index is 11.7. The summed E-state index contributed by atoms with van der Waals surface area (Å²) in [5.74, 6) is -0.282. The van der Waals surface area contributed by atoms with E-state index in [2.05, 4.69) is 36.2 Å². The Morgan fingerprint density at radius 3 is 2.50 bits per heavy atom. The molecule has 0 aliphatic rings. The number of aromatic amines is 1. The molecule has 0 amide bonds. The maximum absolute atomic E-state index is 11.7. The molecule has 18 heavy (non-hydrogen) atoms. The van der Waals surface area contributed by atoms with Gasteiger partial charge in [0.2, 0.25) is 0 Å². The predicted molar refractivity (Wildman–Crippen MR) is 70.9 cm³/mol. The molecule has 0 bridgehead atoms. The van der Waals surface area contributed by atoms with Gasteiger partial charge in [-0.2, -0.15) is 0 Å². The van der Waals surface area contributed by atoms with Gasteiger partial charge in [-0.25, -0.2) is 4.79 Å². The summed E-state index contributed by atoms with van der Waals surface area (Å²) in [7, 11) is 1.41. The summed E-state index contributed by atoms with van der Waals surface area (Å²) in [5, 5.41) is 0. The molecule has 0 fully saturated rings. The van der Waals surface area contributed by atoms with Crippen LogP contribution in [0.4, 0.5) is 0 Å². The number of H-pyrrole nitrogens is 1. The number of hydrogen-bond donors (Lipinski definition) is 1. The smallest absolute Gasteiger partial charge is 0.339 e. The molecule has 0 aliphatic heterocycles. The van der Waals surface area contributed by atoms with Gasteiger partial charge in [0, 0.05) is 11.9 Å². The van der Waals surface area contributed by atoms with E-state index in [4.69, 9.17) is 4.74 Å². The van der Waals surface area contributed by atoms with E-state index in [-0.39, 0.29) is 5.97 Å². The third kappa shape index (κ3) is 2.45. The van der Waals surface area contributed by atoms with Gasteiger partial charge in [0.05, 0.1) is 12.7 Å². The lowest BCUT2D eigenvalue weighted by Gasteiger charge is -2.04. The van der Waals surface area contributed by atoms with Crippen molar-refractivity contribution in [1.82, 2.24) is 4.98 Å². The summed E-state index contributed by atoms with van der Waals surface area (Å²) in [6, 6.07) is 8.32. The fourth-order valence-electron chi connectivity index (χ4n) is 2.03. The molecule has 0 radical (unpaired) electrons. The number of hydrogen-bond acceptors (Lipinski definition) is 2. The van der Waals surface area contributed by atoms with Crippen molar-refractivity contribution in [3.05, 3.63) is 58.4 Å². The van der Waals surface area contributed by atoms with Gasteiger partial charge in [0.15, 0.2) is 0 Å². The van der Waals surface area contributed by atoms with Crippen molar-refractivity contribution in [3.8, 4) is 0 Å². The molecule has 0 unspecified atom stereocenters. The van der Waals surface area contributed by atoms with Gasteiger partial charge in [0.25, 0.3) is 0 Å². The Morgan fingerprint density at radius 1 is 1.22 bits per heavy atom. The zero-order chi connectivity index (χ0) is 13.1. The maximum Gasteiger partial charge on any atom is 0.339 e. The van der Waals surface area contributed by atoms with Gasteiger partial charge in [-0.05, 0) is 31.4 Å². The van der Waals surface area contributed by atoms with Crippen molar-refractivity contribution >= 4 is 5.97 Å². The lowest BCUT2D eigenvalue weighted by molar-refractivity contribution is 0.0599. The van der Waals surface area contributed by atoms with Crippen LogP contribution < -0.4 is 0 Å². The molecule has 1 heterocycles. The molecule has 0 saturated carbocycles. The highest BCUT2D eigenvalue weighted by Crippen LogP contribution is 2.18. The minimum absolute atomic E-state index is 0.282. The molecule has 1 aromatic carbocycles. The minimum atomic E-state index is -0.282. The first-order valence-corrected chi connectivity index (χ1v) is 5.92. The molecular formula is C15H17NO2. The molecule has 2 rings (SSSR count). The zero-order valence-corrected chi connectivity index (χ0v) is 10.9. The summed E-state index contributed by atoms with van der Waals surface area (Å²) in [6.45, 7) is 3.94. The predicted octanol–water partition coefficient (Wildman–Crippen LogP) is 3.01. The van der Waals surface area contributed by atoms with Crippen molar-refractivity contribution in [1.29, 1.82) is 0 Å².